The number of carboxylic acid groups (broad SMARTS) is 1. The summed E-state index contributed by atoms with van der Waals surface area (Å²) in [5, 5.41) is 15.3. The van der Waals surface area contributed by atoms with Crippen molar-refractivity contribution in [2.45, 2.75) is 63.5 Å². The van der Waals surface area contributed by atoms with Gasteiger partial charge in [0, 0.05) is 36.8 Å². The number of rotatable bonds is 14. The molecular weight excluding hydrogens is 915 g/mol. The van der Waals surface area contributed by atoms with Crippen LogP contribution in [-0.2, 0) is 30.5 Å². The van der Waals surface area contributed by atoms with Crippen LogP contribution in [0.15, 0.2) is 96.1 Å². The number of anilines is 2. The molecule has 4 aliphatic heterocycles. The maximum absolute atomic E-state index is 15.5. The quantitative estimate of drug-likeness (QED) is 0.0922. The predicted molar refractivity (Wildman–Crippen MR) is 242 cm³/mol. The van der Waals surface area contributed by atoms with Crippen molar-refractivity contribution in [2.75, 3.05) is 50.8 Å². The predicted octanol–water partition coefficient (Wildman–Crippen LogP) is 8.27. The van der Waals surface area contributed by atoms with Crippen molar-refractivity contribution < 1.29 is 50.8 Å². The normalized spacial score (nSPS) is 18.3. The first-order valence-corrected chi connectivity index (χ1v) is 22.0. The fraction of sp³-hybridized carbons (Fsp3) is 0.333. The van der Waals surface area contributed by atoms with E-state index in [-0.39, 0.29) is 83.0 Å². The summed E-state index contributed by atoms with van der Waals surface area (Å²) in [6.45, 7) is 1.59. The molecule has 0 saturated carbocycles. The molecule has 2 saturated heterocycles. The molecule has 14 nitrogen and oxygen atoms in total. The van der Waals surface area contributed by atoms with Gasteiger partial charge in [-0.15, -0.1) is 0 Å². The van der Waals surface area contributed by atoms with Crippen molar-refractivity contribution in [1.82, 2.24) is 25.1 Å². The van der Waals surface area contributed by atoms with Crippen molar-refractivity contribution in [3.8, 4) is 28.5 Å². The van der Waals surface area contributed by atoms with Gasteiger partial charge in [-0.1, -0.05) is 41.9 Å². The molecule has 5 aromatic rings. The highest BCUT2D eigenvalue weighted by Gasteiger charge is 2.57. The van der Waals surface area contributed by atoms with Crippen molar-refractivity contribution in [2.24, 2.45) is 4.99 Å². The van der Waals surface area contributed by atoms with E-state index in [0.29, 0.717) is 42.3 Å². The number of amides is 1. The Kier molecular flexibility index (Phi) is 12.5. The molecule has 1 amide bonds. The average molecular weight is 961 g/mol. The second-order valence-corrected chi connectivity index (χ2v) is 17.4. The minimum absolute atomic E-state index is 0.0157. The molecule has 3 N–H and O–H groups in total. The molecule has 0 aliphatic carbocycles. The Labute approximate surface area is 392 Å². The van der Waals surface area contributed by atoms with Crippen LogP contribution in [0.3, 0.4) is 0 Å². The molecule has 9 rings (SSSR count). The number of aryl methyl sites for hydroxylation is 1. The van der Waals surface area contributed by atoms with E-state index in [9.17, 15) is 18.7 Å². The topological polar surface area (TPSA) is 146 Å². The molecule has 0 spiro atoms. The van der Waals surface area contributed by atoms with Crippen LogP contribution in [0.4, 0.5) is 38.4 Å². The highest BCUT2D eigenvalue weighted by molar-refractivity contribution is 6.33. The lowest BCUT2D eigenvalue weighted by molar-refractivity contribution is -0.137. The lowest BCUT2D eigenvalue weighted by Gasteiger charge is -2.31. The third-order valence-electron chi connectivity index (χ3n) is 12.5. The molecule has 356 valence electrons. The van der Waals surface area contributed by atoms with Gasteiger partial charge in [-0.25, -0.2) is 23.5 Å². The minimum atomic E-state index is -4.90. The van der Waals surface area contributed by atoms with E-state index in [1.807, 2.05) is 29.2 Å². The summed E-state index contributed by atoms with van der Waals surface area (Å²) in [6, 6.07) is 20.7. The van der Waals surface area contributed by atoms with Crippen molar-refractivity contribution in [3.05, 3.63) is 135 Å². The number of hydrogen-bond donors (Lipinski definition) is 3. The fourth-order valence-corrected chi connectivity index (χ4v) is 9.73. The number of pyridine rings is 2. The largest absolute Gasteiger partial charge is 0.497 e. The van der Waals surface area contributed by atoms with Gasteiger partial charge in [0.05, 0.1) is 65.9 Å². The number of nitrogens with one attached hydrogen (secondary N) is 2. The monoisotopic (exact) mass is 960 g/mol. The van der Waals surface area contributed by atoms with Gasteiger partial charge in [-0.3, -0.25) is 15.2 Å². The highest BCUT2D eigenvalue weighted by Crippen LogP contribution is 2.47. The molecule has 68 heavy (non-hydrogen) atoms. The van der Waals surface area contributed by atoms with E-state index in [0.717, 1.165) is 11.1 Å². The molecule has 2 fully saturated rings. The standard InChI is InChI=1S/C48H46ClF5N8O6/c1-28-18-36(60(20-29-7-11-32(65-2)12-8-29)21-30-9-13-33(66-3)14-10-30)58-41(39(28)48(52,53)54)34-19-35-38-42(40(34)49)56-27-57-44(38)61(22-31-6-4-16-55-43(31)59-45(63)64)23-37(68-35)67-26-46-15-5-17-62(46)25-47(50,51)24-46/h4,6-14,16,18-19,23,57H,5,15,17,20-22,24-27H2,1-3H3,(H,55,59)(H,63,64)/t46-/m1/s1. The summed E-state index contributed by atoms with van der Waals surface area (Å²) in [4.78, 5) is 30.6. The number of methoxy groups -OCH3 is 2. The van der Waals surface area contributed by atoms with E-state index >= 15 is 13.2 Å². The van der Waals surface area contributed by atoms with E-state index < -0.39 is 48.0 Å². The minimum Gasteiger partial charge on any atom is -0.497 e. The van der Waals surface area contributed by atoms with Crippen molar-refractivity contribution >= 4 is 35.2 Å². The van der Waals surface area contributed by atoms with Crippen LogP contribution in [0.25, 0.3) is 17.1 Å². The van der Waals surface area contributed by atoms with E-state index in [1.165, 1.54) is 31.5 Å². The third-order valence-corrected chi connectivity index (χ3v) is 12.9. The molecule has 6 heterocycles. The Hall–Kier alpha value is -6.86. The summed E-state index contributed by atoms with van der Waals surface area (Å²) in [6.07, 6.45) is -2.64. The first kappa shape index (κ1) is 46.3. The first-order chi connectivity index (χ1) is 32.5. The van der Waals surface area contributed by atoms with Gasteiger partial charge in [0.25, 0.3) is 5.92 Å². The van der Waals surface area contributed by atoms with Crippen LogP contribution >= 0.6 is 11.6 Å². The molecule has 1 atom stereocenters. The Bertz CT molecular complexity index is 2860. The number of hydrogen-bond acceptors (Lipinski definition) is 12. The van der Waals surface area contributed by atoms with Gasteiger partial charge in [0.1, 0.15) is 48.0 Å². The number of halogens is 6. The molecule has 0 bridgehead atoms. The Morgan fingerprint density at radius 2 is 1.72 bits per heavy atom. The summed E-state index contributed by atoms with van der Waals surface area (Å²) >= 11 is 7.25. The van der Waals surface area contributed by atoms with Crippen LogP contribution in [0.2, 0.25) is 5.02 Å². The van der Waals surface area contributed by atoms with Crippen LogP contribution in [-0.4, -0.2) is 83.0 Å². The zero-order valence-corrected chi connectivity index (χ0v) is 37.8. The Morgan fingerprint density at radius 3 is 2.37 bits per heavy atom. The number of aromatic nitrogens is 2. The van der Waals surface area contributed by atoms with Crippen LogP contribution < -0.4 is 40.3 Å². The molecule has 4 aliphatic rings. The average Bonchev–Trinajstić information content (AvgIpc) is 3.74. The number of benzene rings is 3. The second-order valence-electron chi connectivity index (χ2n) is 17.1. The molecule has 0 unspecified atom stereocenters. The highest BCUT2D eigenvalue weighted by atomic mass is 35.5. The van der Waals surface area contributed by atoms with Gasteiger partial charge >= 0.3 is 18.2 Å². The number of fused-ring (bicyclic) bond motifs is 1. The Balaban J connectivity index is 1.19. The second kappa shape index (κ2) is 18.3. The summed E-state index contributed by atoms with van der Waals surface area (Å²) in [5.74, 6) is -1.25. The molecule has 20 heteroatoms. The SMILES string of the molecule is COc1ccc(CN(Cc2ccc(OC)cc2)c2cc(C)c(C(F)(F)F)c(-c3cc4c5c(c3Cl)=NCNC=5N(Cc3cccnc3NC(=O)O)C=C(OC[C@]35CCCN3CC(F)(F)C5)O4)n2)cc1. The lowest BCUT2D eigenvalue weighted by atomic mass is 9.94. The number of carbonyl (C=O) groups is 1. The smallest absolute Gasteiger partial charge is 0.418 e. The summed E-state index contributed by atoms with van der Waals surface area (Å²) in [5.41, 5.74) is -0.673. The van der Waals surface area contributed by atoms with Crippen LogP contribution in [0.1, 0.15) is 47.1 Å². The summed E-state index contributed by atoms with van der Waals surface area (Å²) < 4.78 is 99.8. The maximum Gasteiger partial charge on any atom is 0.418 e. The first-order valence-electron chi connectivity index (χ1n) is 21.6. The fourth-order valence-electron chi connectivity index (χ4n) is 9.43. The molecule has 2 aromatic heterocycles. The van der Waals surface area contributed by atoms with Crippen molar-refractivity contribution in [1.29, 1.82) is 0 Å². The number of nitrogens with zero attached hydrogens (tertiary/aromatic N) is 6. The molecular formula is C48H46ClF5N8O6. The summed E-state index contributed by atoms with van der Waals surface area (Å²) in [7, 11) is 3.11. The zero-order chi connectivity index (χ0) is 48.0. The van der Waals surface area contributed by atoms with Crippen LogP contribution in [0, 0.1) is 6.92 Å². The van der Waals surface area contributed by atoms with Gasteiger partial charge in [-0.2, -0.15) is 13.2 Å². The van der Waals surface area contributed by atoms with E-state index in [4.69, 9.17) is 35.5 Å². The van der Waals surface area contributed by atoms with Gasteiger partial charge in [0.15, 0.2) is 0 Å². The molecule has 3 aromatic carbocycles. The van der Waals surface area contributed by atoms with Crippen LogP contribution in [0.5, 0.6) is 17.2 Å². The number of ether oxygens (including phenoxy) is 4. The third kappa shape index (κ3) is 9.36. The lowest BCUT2D eigenvalue weighted by Crippen LogP contribution is -2.44. The Morgan fingerprint density at radius 1 is 1.03 bits per heavy atom. The van der Waals surface area contributed by atoms with Gasteiger partial charge in [-0.05, 0) is 85.5 Å². The van der Waals surface area contributed by atoms with Gasteiger partial charge in [0.2, 0.25) is 0 Å². The van der Waals surface area contributed by atoms with Crippen molar-refractivity contribution in [3.63, 3.8) is 0 Å². The van der Waals surface area contributed by atoms with E-state index in [1.54, 1.807) is 60.4 Å². The zero-order valence-electron chi connectivity index (χ0n) is 37.1. The maximum atomic E-state index is 15.5. The molecule has 0 radical (unpaired) electrons. The number of alkyl halides is 5. The van der Waals surface area contributed by atoms with Gasteiger partial charge < -0.3 is 39.2 Å². The van der Waals surface area contributed by atoms with E-state index in [2.05, 4.69) is 20.6 Å².